The van der Waals surface area contributed by atoms with E-state index in [4.69, 9.17) is 0 Å². The van der Waals surface area contributed by atoms with Crippen molar-refractivity contribution in [1.82, 2.24) is 0 Å². The molecule has 0 saturated heterocycles. The molecule has 0 aliphatic carbocycles. The van der Waals surface area contributed by atoms with Crippen molar-refractivity contribution in [3.8, 4) is 0 Å². The van der Waals surface area contributed by atoms with E-state index in [0.29, 0.717) is 5.69 Å². The second-order valence-electron chi connectivity index (χ2n) is 4.03. The highest BCUT2D eigenvalue weighted by Gasteiger charge is 2.10. The monoisotopic (exact) mass is 282 g/mol. The Morgan fingerprint density at radius 3 is 2.10 bits per heavy atom. The Labute approximate surface area is 112 Å². The number of nitro benzene ring substituents is 1. The highest BCUT2D eigenvalue weighted by atomic mass is 19.2. The van der Waals surface area contributed by atoms with Gasteiger partial charge in [0.1, 0.15) is 0 Å². The van der Waals surface area contributed by atoms with Crippen molar-refractivity contribution in [2.45, 2.75) is 6.54 Å². The number of halogens is 3. The van der Waals surface area contributed by atoms with Crippen LogP contribution >= 0.6 is 0 Å². The molecule has 4 nitrogen and oxygen atoms in total. The summed E-state index contributed by atoms with van der Waals surface area (Å²) in [4.78, 5) is 9.93. The molecule has 0 fully saturated rings. The van der Waals surface area contributed by atoms with Crippen LogP contribution in [0.2, 0.25) is 0 Å². The highest BCUT2D eigenvalue weighted by molar-refractivity contribution is 5.48. The van der Waals surface area contributed by atoms with Gasteiger partial charge in [0.2, 0.25) is 0 Å². The van der Waals surface area contributed by atoms with Crippen molar-refractivity contribution in [1.29, 1.82) is 0 Å². The summed E-state index contributed by atoms with van der Waals surface area (Å²) >= 11 is 0. The first kappa shape index (κ1) is 13.9. The molecule has 20 heavy (non-hydrogen) atoms. The van der Waals surface area contributed by atoms with Gasteiger partial charge in [-0.1, -0.05) is 0 Å². The Hall–Kier alpha value is -2.57. The fourth-order valence-corrected chi connectivity index (χ4v) is 1.62. The van der Waals surface area contributed by atoms with Crippen LogP contribution < -0.4 is 5.32 Å². The number of hydrogen-bond donors (Lipinski definition) is 1. The van der Waals surface area contributed by atoms with Gasteiger partial charge in [0, 0.05) is 24.4 Å². The van der Waals surface area contributed by atoms with Crippen LogP contribution in [0.5, 0.6) is 0 Å². The van der Waals surface area contributed by atoms with E-state index in [1.54, 1.807) is 0 Å². The van der Waals surface area contributed by atoms with Gasteiger partial charge in [0.25, 0.3) is 5.69 Å². The minimum atomic E-state index is -1.51. The van der Waals surface area contributed by atoms with Crippen LogP contribution in [0.15, 0.2) is 36.4 Å². The molecule has 0 amide bonds. The minimum absolute atomic E-state index is 0.0607. The summed E-state index contributed by atoms with van der Waals surface area (Å²) in [5.74, 6) is -4.03. The first-order valence-corrected chi connectivity index (χ1v) is 5.59. The molecule has 0 atom stereocenters. The zero-order valence-electron chi connectivity index (χ0n) is 10.1. The topological polar surface area (TPSA) is 55.2 Å². The van der Waals surface area contributed by atoms with E-state index in [0.717, 1.165) is 12.1 Å². The van der Waals surface area contributed by atoms with E-state index in [9.17, 15) is 23.3 Å². The zero-order chi connectivity index (χ0) is 14.7. The van der Waals surface area contributed by atoms with Crippen LogP contribution in [0.4, 0.5) is 24.5 Å². The van der Waals surface area contributed by atoms with Crippen molar-refractivity contribution in [2.75, 3.05) is 5.32 Å². The molecule has 0 unspecified atom stereocenters. The lowest BCUT2D eigenvalue weighted by Gasteiger charge is -2.07. The van der Waals surface area contributed by atoms with E-state index in [1.165, 1.54) is 24.3 Å². The largest absolute Gasteiger partial charge is 0.381 e. The molecule has 0 aliphatic rings. The van der Waals surface area contributed by atoms with Crippen LogP contribution in [-0.2, 0) is 6.54 Å². The summed E-state index contributed by atoms with van der Waals surface area (Å²) in [6, 6.07) is 7.30. The van der Waals surface area contributed by atoms with E-state index in [-0.39, 0.29) is 17.8 Å². The molecule has 0 spiro atoms. The minimum Gasteiger partial charge on any atom is -0.381 e. The number of rotatable bonds is 4. The molecule has 104 valence electrons. The van der Waals surface area contributed by atoms with Gasteiger partial charge in [-0.2, -0.15) is 0 Å². The van der Waals surface area contributed by atoms with Crippen LogP contribution in [0.1, 0.15) is 5.56 Å². The molecule has 1 N–H and O–H groups in total. The first-order chi connectivity index (χ1) is 9.47. The average Bonchev–Trinajstić information content (AvgIpc) is 2.42. The Balaban J connectivity index is 2.07. The second-order valence-corrected chi connectivity index (χ2v) is 4.03. The molecule has 0 aliphatic heterocycles. The number of benzene rings is 2. The van der Waals surface area contributed by atoms with Crippen molar-refractivity contribution >= 4 is 11.4 Å². The zero-order valence-corrected chi connectivity index (χ0v) is 10.1. The lowest BCUT2D eigenvalue weighted by Crippen LogP contribution is -2.02. The number of non-ortho nitro benzene ring substituents is 1. The maximum Gasteiger partial charge on any atom is 0.269 e. The molecule has 0 heterocycles. The van der Waals surface area contributed by atoms with Crippen molar-refractivity contribution < 1.29 is 18.1 Å². The summed E-state index contributed by atoms with van der Waals surface area (Å²) in [5.41, 5.74) is 0.704. The van der Waals surface area contributed by atoms with Gasteiger partial charge in [0.15, 0.2) is 17.5 Å². The molecule has 0 aromatic heterocycles. The number of nitrogens with one attached hydrogen (secondary N) is 1. The normalized spacial score (nSPS) is 10.3. The molecular weight excluding hydrogens is 273 g/mol. The number of nitro groups is 1. The quantitative estimate of drug-likeness (QED) is 0.529. The predicted molar refractivity (Wildman–Crippen MR) is 66.7 cm³/mol. The lowest BCUT2D eigenvalue weighted by molar-refractivity contribution is -0.384. The molecule has 2 aromatic rings. The van der Waals surface area contributed by atoms with Crippen molar-refractivity contribution in [2.24, 2.45) is 0 Å². The van der Waals surface area contributed by atoms with Gasteiger partial charge in [-0.15, -0.1) is 0 Å². The number of nitrogens with zero attached hydrogens (tertiary/aromatic N) is 1. The van der Waals surface area contributed by atoms with Gasteiger partial charge in [-0.25, -0.2) is 13.2 Å². The Morgan fingerprint density at radius 2 is 1.60 bits per heavy atom. The summed E-state index contributed by atoms with van der Waals surface area (Å²) in [6.07, 6.45) is 0. The van der Waals surface area contributed by atoms with Gasteiger partial charge >= 0.3 is 0 Å². The van der Waals surface area contributed by atoms with Gasteiger partial charge in [-0.05, 0) is 29.8 Å². The lowest BCUT2D eigenvalue weighted by atomic mass is 10.2. The van der Waals surface area contributed by atoms with E-state index in [2.05, 4.69) is 5.32 Å². The SMILES string of the molecule is O=[N+]([O-])c1ccc(NCc2cc(F)c(F)c(F)c2)cc1. The fraction of sp³-hybridized carbons (Fsp3) is 0.0769. The van der Waals surface area contributed by atoms with Crippen LogP contribution in [0.3, 0.4) is 0 Å². The first-order valence-electron chi connectivity index (χ1n) is 5.59. The molecule has 2 rings (SSSR count). The molecule has 0 bridgehead atoms. The van der Waals surface area contributed by atoms with E-state index < -0.39 is 22.4 Å². The Bertz CT molecular complexity index is 622. The Kier molecular flexibility index (Phi) is 3.88. The van der Waals surface area contributed by atoms with E-state index in [1.807, 2.05) is 0 Å². The van der Waals surface area contributed by atoms with Gasteiger partial charge in [-0.3, -0.25) is 10.1 Å². The number of hydrogen-bond acceptors (Lipinski definition) is 3. The third-order valence-electron chi connectivity index (χ3n) is 2.62. The van der Waals surface area contributed by atoms with Crippen LogP contribution in [0.25, 0.3) is 0 Å². The maximum atomic E-state index is 13.0. The Morgan fingerprint density at radius 1 is 1.05 bits per heavy atom. The third kappa shape index (κ3) is 3.05. The predicted octanol–water partition coefficient (Wildman–Crippen LogP) is 3.62. The second kappa shape index (κ2) is 5.60. The van der Waals surface area contributed by atoms with E-state index >= 15 is 0 Å². The summed E-state index contributed by atoms with van der Waals surface area (Å²) in [7, 11) is 0. The third-order valence-corrected chi connectivity index (χ3v) is 2.62. The average molecular weight is 282 g/mol. The summed E-state index contributed by atoms with van der Waals surface area (Å²) in [5, 5.41) is 13.3. The van der Waals surface area contributed by atoms with Crippen LogP contribution in [-0.4, -0.2) is 4.92 Å². The van der Waals surface area contributed by atoms with Crippen molar-refractivity contribution in [3.05, 3.63) is 69.5 Å². The maximum absolute atomic E-state index is 13.0. The highest BCUT2D eigenvalue weighted by Crippen LogP contribution is 2.18. The molecule has 7 heteroatoms. The van der Waals surface area contributed by atoms with Gasteiger partial charge < -0.3 is 5.32 Å². The molecule has 2 aromatic carbocycles. The van der Waals surface area contributed by atoms with Gasteiger partial charge in [0.05, 0.1) is 4.92 Å². The summed E-state index contributed by atoms with van der Waals surface area (Å²) < 4.78 is 38.7. The summed E-state index contributed by atoms with van der Waals surface area (Å²) in [6.45, 7) is 0.0614. The fourth-order valence-electron chi connectivity index (χ4n) is 1.62. The standard InChI is InChI=1S/C13H9F3N2O2/c14-11-5-8(6-12(15)13(11)16)7-17-9-1-3-10(4-2-9)18(19)20/h1-6,17H,7H2. The van der Waals surface area contributed by atoms with Crippen LogP contribution in [0, 0.1) is 27.6 Å². The smallest absolute Gasteiger partial charge is 0.269 e. The molecule has 0 saturated carbocycles. The molecule has 0 radical (unpaired) electrons. The van der Waals surface area contributed by atoms with Crippen molar-refractivity contribution in [3.63, 3.8) is 0 Å². The molecular formula is C13H9F3N2O2. The number of anilines is 1.